The van der Waals surface area contributed by atoms with E-state index in [2.05, 4.69) is 25.2 Å². The van der Waals surface area contributed by atoms with Crippen molar-refractivity contribution in [2.45, 2.75) is 96.2 Å². The van der Waals surface area contributed by atoms with Crippen molar-refractivity contribution in [2.75, 3.05) is 6.61 Å². The summed E-state index contributed by atoms with van der Waals surface area (Å²) in [5, 5.41) is 12.4. The number of unbranched alkanes of at least 4 members (excludes halogenated alkanes) is 4. The molecule has 1 rings (SSSR count). The molecule has 0 aromatic heterocycles. The first-order valence-electron chi connectivity index (χ1n) is 8.54. The van der Waals surface area contributed by atoms with Crippen molar-refractivity contribution >= 4 is 0 Å². The Hall–Kier alpha value is -0.590. The summed E-state index contributed by atoms with van der Waals surface area (Å²) in [7, 11) is 0. The van der Waals surface area contributed by atoms with Crippen molar-refractivity contribution in [3.8, 4) is 6.07 Å². The summed E-state index contributed by atoms with van der Waals surface area (Å²) in [4.78, 5) is 0. The molecule has 3 heteroatoms. The van der Waals surface area contributed by atoms with E-state index in [0.717, 1.165) is 19.4 Å². The zero-order chi connectivity index (χ0) is 14.6. The normalized spacial score (nSPS) is 24.2. The molecule has 1 aliphatic heterocycles. The standard InChI is InChI=1S/C17H32N2O/c1-3-5-6-7-8-9-15(4-2)19-16-10-11-17(12-13-18)20-14-16/h15-17,19H,3-12,14H2,1-2H3/t15?,16-,17+/m0/s1. The Labute approximate surface area is 125 Å². The summed E-state index contributed by atoms with van der Waals surface area (Å²) in [6.45, 7) is 5.31. The first-order valence-corrected chi connectivity index (χ1v) is 8.54. The number of hydrogen-bond acceptors (Lipinski definition) is 3. The van der Waals surface area contributed by atoms with Crippen LogP contribution < -0.4 is 5.32 Å². The predicted octanol–water partition coefficient (Wildman–Crippen LogP) is 4.18. The Balaban J connectivity index is 2.13. The molecular formula is C17H32N2O. The van der Waals surface area contributed by atoms with E-state index in [1.54, 1.807) is 0 Å². The topological polar surface area (TPSA) is 45.0 Å². The van der Waals surface area contributed by atoms with Crippen molar-refractivity contribution in [2.24, 2.45) is 0 Å². The summed E-state index contributed by atoms with van der Waals surface area (Å²) in [6, 6.07) is 3.33. The second kappa shape index (κ2) is 11.1. The average molecular weight is 280 g/mol. The van der Waals surface area contributed by atoms with Gasteiger partial charge in [0.25, 0.3) is 0 Å². The summed E-state index contributed by atoms with van der Waals surface area (Å²) >= 11 is 0. The summed E-state index contributed by atoms with van der Waals surface area (Å²) in [5.74, 6) is 0. The van der Waals surface area contributed by atoms with E-state index < -0.39 is 0 Å². The van der Waals surface area contributed by atoms with Crippen molar-refractivity contribution < 1.29 is 4.74 Å². The molecule has 0 saturated carbocycles. The van der Waals surface area contributed by atoms with Crippen LogP contribution in [-0.4, -0.2) is 24.8 Å². The molecule has 1 fully saturated rings. The third-order valence-corrected chi connectivity index (χ3v) is 4.31. The van der Waals surface area contributed by atoms with Gasteiger partial charge in [0.05, 0.1) is 25.2 Å². The smallest absolute Gasteiger partial charge is 0.0706 e. The van der Waals surface area contributed by atoms with Gasteiger partial charge in [0, 0.05) is 12.1 Å². The van der Waals surface area contributed by atoms with Crippen molar-refractivity contribution in [3.05, 3.63) is 0 Å². The molecule has 1 aliphatic rings. The van der Waals surface area contributed by atoms with Gasteiger partial charge in [-0.1, -0.05) is 46.0 Å². The Morgan fingerprint density at radius 3 is 2.60 bits per heavy atom. The van der Waals surface area contributed by atoms with Crippen molar-refractivity contribution in [1.82, 2.24) is 5.32 Å². The number of rotatable bonds is 10. The highest BCUT2D eigenvalue weighted by atomic mass is 16.5. The molecule has 1 heterocycles. The van der Waals surface area contributed by atoms with Crippen LogP contribution in [-0.2, 0) is 4.74 Å². The summed E-state index contributed by atoms with van der Waals surface area (Å²) in [5.41, 5.74) is 0. The second-order valence-electron chi connectivity index (χ2n) is 6.07. The number of nitrogens with zero attached hydrogens (tertiary/aromatic N) is 1. The molecular weight excluding hydrogens is 248 g/mol. The van der Waals surface area contributed by atoms with Gasteiger partial charge in [-0.05, 0) is 25.7 Å². The maximum Gasteiger partial charge on any atom is 0.0706 e. The zero-order valence-corrected chi connectivity index (χ0v) is 13.4. The highest BCUT2D eigenvalue weighted by Gasteiger charge is 2.22. The predicted molar refractivity (Wildman–Crippen MR) is 83.6 cm³/mol. The van der Waals surface area contributed by atoms with E-state index in [1.165, 1.54) is 44.9 Å². The van der Waals surface area contributed by atoms with Gasteiger partial charge in [0.1, 0.15) is 0 Å². The van der Waals surface area contributed by atoms with Gasteiger partial charge in [0.15, 0.2) is 0 Å². The Bertz CT molecular complexity index is 267. The van der Waals surface area contributed by atoms with Crippen LogP contribution in [0.15, 0.2) is 0 Å². The lowest BCUT2D eigenvalue weighted by molar-refractivity contribution is -0.00238. The van der Waals surface area contributed by atoms with Crippen LogP contribution in [0, 0.1) is 11.3 Å². The largest absolute Gasteiger partial charge is 0.376 e. The molecule has 0 aromatic carbocycles. The van der Waals surface area contributed by atoms with Crippen LogP contribution in [0.3, 0.4) is 0 Å². The third kappa shape index (κ3) is 7.26. The molecule has 0 radical (unpaired) electrons. The number of nitriles is 1. The lowest BCUT2D eigenvalue weighted by atomic mass is 10.00. The van der Waals surface area contributed by atoms with Gasteiger partial charge in [-0.25, -0.2) is 0 Å². The van der Waals surface area contributed by atoms with E-state index in [-0.39, 0.29) is 6.10 Å². The maximum atomic E-state index is 8.68. The molecule has 0 bridgehead atoms. The van der Waals surface area contributed by atoms with E-state index in [9.17, 15) is 0 Å². The van der Waals surface area contributed by atoms with Crippen LogP contribution >= 0.6 is 0 Å². The average Bonchev–Trinajstić information content (AvgIpc) is 2.48. The van der Waals surface area contributed by atoms with Crippen LogP contribution in [0.4, 0.5) is 0 Å². The van der Waals surface area contributed by atoms with Gasteiger partial charge < -0.3 is 10.1 Å². The monoisotopic (exact) mass is 280 g/mol. The molecule has 3 atom stereocenters. The van der Waals surface area contributed by atoms with Crippen LogP contribution in [0.5, 0.6) is 0 Å². The van der Waals surface area contributed by atoms with Gasteiger partial charge in [-0.15, -0.1) is 0 Å². The second-order valence-corrected chi connectivity index (χ2v) is 6.07. The van der Waals surface area contributed by atoms with E-state index in [1.807, 2.05) is 0 Å². The van der Waals surface area contributed by atoms with Gasteiger partial charge in [0.2, 0.25) is 0 Å². The minimum atomic E-state index is 0.173. The molecule has 0 aromatic rings. The van der Waals surface area contributed by atoms with Gasteiger partial charge in [-0.3, -0.25) is 0 Å². The first kappa shape index (κ1) is 17.5. The maximum absolute atomic E-state index is 8.68. The van der Waals surface area contributed by atoms with Crippen molar-refractivity contribution in [1.29, 1.82) is 5.26 Å². The van der Waals surface area contributed by atoms with E-state index in [4.69, 9.17) is 10.00 Å². The molecule has 0 spiro atoms. The molecule has 0 amide bonds. The van der Waals surface area contributed by atoms with Crippen molar-refractivity contribution in [3.63, 3.8) is 0 Å². The summed E-state index contributed by atoms with van der Waals surface area (Å²) < 4.78 is 5.75. The lowest BCUT2D eigenvalue weighted by Crippen LogP contribution is -2.44. The molecule has 20 heavy (non-hydrogen) atoms. The fraction of sp³-hybridized carbons (Fsp3) is 0.941. The Kier molecular flexibility index (Phi) is 9.70. The summed E-state index contributed by atoms with van der Waals surface area (Å²) in [6.07, 6.45) is 12.2. The van der Waals surface area contributed by atoms with Crippen LogP contribution in [0.1, 0.15) is 78.1 Å². The molecule has 1 unspecified atom stereocenters. The fourth-order valence-electron chi connectivity index (χ4n) is 2.93. The lowest BCUT2D eigenvalue weighted by Gasteiger charge is -2.31. The molecule has 116 valence electrons. The molecule has 0 aliphatic carbocycles. The Morgan fingerprint density at radius 1 is 1.20 bits per heavy atom. The number of hydrogen-bond donors (Lipinski definition) is 1. The minimum absolute atomic E-state index is 0.173. The molecule has 1 N–H and O–H groups in total. The quantitative estimate of drug-likeness (QED) is 0.611. The number of ether oxygens (including phenoxy) is 1. The molecule has 1 saturated heterocycles. The fourth-order valence-corrected chi connectivity index (χ4v) is 2.93. The number of nitrogens with one attached hydrogen (secondary N) is 1. The highest BCUT2D eigenvalue weighted by molar-refractivity contribution is 4.83. The molecule has 3 nitrogen and oxygen atoms in total. The van der Waals surface area contributed by atoms with Crippen LogP contribution in [0.2, 0.25) is 0 Å². The third-order valence-electron chi connectivity index (χ3n) is 4.31. The minimum Gasteiger partial charge on any atom is -0.376 e. The van der Waals surface area contributed by atoms with Gasteiger partial charge >= 0.3 is 0 Å². The van der Waals surface area contributed by atoms with Gasteiger partial charge in [-0.2, -0.15) is 5.26 Å². The van der Waals surface area contributed by atoms with Crippen LogP contribution in [0.25, 0.3) is 0 Å². The SMILES string of the molecule is CCCCCCCC(CC)N[C@H]1CC[C@H](CC#N)OC1. The van der Waals surface area contributed by atoms with E-state index in [0.29, 0.717) is 18.5 Å². The zero-order valence-electron chi connectivity index (χ0n) is 13.4. The van der Waals surface area contributed by atoms with E-state index >= 15 is 0 Å². The highest BCUT2D eigenvalue weighted by Crippen LogP contribution is 2.18. The first-order chi connectivity index (χ1) is 9.80. The Morgan fingerprint density at radius 2 is 2.00 bits per heavy atom.